The number of likely N-dealkylation sites (N-methyl/N-ethyl adjacent to an activating group) is 1. The predicted molar refractivity (Wildman–Crippen MR) is 82.7 cm³/mol. The summed E-state index contributed by atoms with van der Waals surface area (Å²) in [6.07, 6.45) is 5.68. The van der Waals surface area contributed by atoms with Crippen molar-refractivity contribution in [1.29, 1.82) is 0 Å². The Labute approximate surface area is 123 Å². The number of hydrogen-bond donors (Lipinski definition) is 2. The maximum Gasteiger partial charge on any atom is 0.224 e. The van der Waals surface area contributed by atoms with Crippen LogP contribution in [0.3, 0.4) is 0 Å². The highest BCUT2D eigenvalue weighted by molar-refractivity contribution is 9.10. The molecule has 1 aliphatic rings. The number of anilines is 2. The minimum Gasteiger partial charge on any atom is -0.367 e. The molecule has 1 aromatic rings. The Morgan fingerprint density at radius 2 is 2.26 bits per heavy atom. The third kappa shape index (κ3) is 4.04. The van der Waals surface area contributed by atoms with Crippen LogP contribution in [0.5, 0.6) is 0 Å². The van der Waals surface area contributed by atoms with Crippen molar-refractivity contribution in [3.8, 4) is 0 Å². The number of rotatable bonds is 5. The van der Waals surface area contributed by atoms with E-state index in [1.54, 1.807) is 6.20 Å². The molecular weight excluding hydrogens is 306 g/mol. The molecule has 0 bridgehead atoms. The number of piperidine rings is 1. The summed E-state index contributed by atoms with van der Waals surface area (Å²) in [5, 5.41) is 6.56. The highest BCUT2D eigenvalue weighted by Crippen LogP contribution is 2.21. The van der Waals surface area contributed by atoms with E-state index in [0.717, 1.165) is 23.4 Å². The van der Waals surface area contributed by atoms with Crippen LogP contribution in [0.4, 0.5) is 11.8 Å². The number of hydrogen-bond acceptors (Lipinski definition) is 5. The van der Waals surface area contributed by atoms with Crippen LogP contribution in [0.15, 0.2) is 10.7 Å². The molecule has 106 valence electrons. The molecule has 2 heterocycles. The molecule has 1 aromatic heterocycles. The zero-order valence-electron chi connectivity index (χ0n) is 11.6. The van der Waals surface area contributed by atoms with E-state index in [4.69, 9.17) is 0 Å². The lowest BCUT2D eigenvalue weighted by atomic mass is 10.0. The molecule has 19 heavy (non-hydrogen) atoms. The van der Waals surface area contributed by atoms with Crippen LogP contribution >= 0.6 is 15.9 Å². The SMILES string of the molecule is CCNc1ncc(Br)c(NCC2CCCCN2C)n1. The van der Waals surface area contributed by atoms with Gasteiger partial charge in [-0.3, -0.25) is 0 Å². The zero-order valence-corrected chi connectivity index (χ0v) is 13.2. The van der Waals surface area contributed by atoms with Gasteiger partial charge in [-0.25, -0.2) is 4.98 Å². The molecule has 6 heteroatoms. The molecule has 0 radical (unpaired) electrons. The van der Waals surface area contributed by atoms with Crippen LogP contribution in [-0.4, -0.2) is 47.6 Å². The standard InChI is InChI=1S/C13H22BrN5/c1-3-15-13-17-9-11(14)12(18-13)16-8-10-6-4-5-7-19(10)2/h9-10H,3-8H2,1-2H3,(H2,15,16,17,18). The van der Waals surface area contributed by atoms with Gasteiger partial charge in [-0.1, -0.05) is 6.42 Å². The molecule has 2 rings (SSSR count). The maximum absolute atomic E-state index is 4.47. The summed E-state index contributed by atoms with van der Waals surface area (Å²) in [5.74, 6) is 1.54. The molecule has 1 aliphatic heterocycles. The second-order valence-corrected chi connectivity index (χ2v) is 5.79. The Morgan fingerprint density at radius 1 is 1.42 bits per heavy atom. The first-order chi connectivity index (χ1) is 9.20. The van der Waals surface area contributed by atoms with Crippen LogP contribution in [0, 0.1) is 0 Å². The minimum atomic E-state index is 0.596. The number of halogens is 1. The van der Waals surface area contributed by atoms with Crippen molar-refractivity contribution in [3.05, 3.63) is 10.7 Å². The summed E-state index contributed by atoms with van der Waals surface area (Å²) < 4.78 is 0.910. The van der Waals surface area contributed by atoms with Gasteiger partial charge in [-0.2, -0.15) is 4.98 Å². The van der Waals surface area contributed by atoms with Gasteiger partial charge in [0.25, 0.3) is 0 Å². The first kappa shape index (κ1) is 14.5. The molecule has 1 atom stereocenters. The van der Waals surface area contributed by atoms with Crippen LogP contribution in [0.2, 0.25) is 0 Å². The molecule has 1 saturated heterocycles. The fourth-order valence-corrected chi connectivity index (χ4v) is 2.68. The second kappa shape index (κ2) is 7.05. The van der Waals surface area contributed by atoms with Gasteiger partial charge in [-0.05, 0) is 49.3 Å². The normalized spacial score (nSPS) is 20.3. The monoisotopic (exact) mass is 327 g/mol. The Hall–Kier alpha value is -0.880. The van der Waals surface area contributed by atoms with Crippen molar-refractivity contribution in [1.82, 2.24) is 14.9 Å². The summed E-state index contributed by atoms with van der Waals surface area (Å²) in [5.41, 5.74) is 0. The van der Waals surface area contributed by atoms with Gasteiger partial charge in [-0.15, -0.1) is 0 Å². The largest absolute Gasteiger partial charge is 0.367 e. The van der Waals surface area contributed by atoms with Crippen LogP contribution < -0.4 is 10.6 Å². The van der Waals surface area contributed by atoms with Crippen molar-refractivity contribution < 1.29 is 0 Å². The van der Waals surface area contributed by atoms with E-state index in [0.29, 0.717) is 12.0 Å². The second-order valence-electron chi connectivity index (χ2n) is 4.93. The van der Waals surface area contributed by atoms with Gasteiger partial charge in [0, 0.05) is 25.3 Å². The van der Waals surface area contributed by atoms with Crippen molar-refractivity contribution in [2.24, 2.45) is 0 Å². The van der Waals surface area contributed by atoms with Crippen molar-refractivity contribution >= 4 is 27.7 Å². The molecule has 0 aromatic carbocycles. The lowest BCUT2D eigenvalue weighted by Crippen LogP contribution is -2.40. The van der Waals surface area contributed by atoms with E-state index < -0.39 is 0 Å². The van der Waals surface area contributed by atoms with Crippen LogP contribution in [0.25, 0.3) is 0 Å². The predicted octanol–water partition coefficient (Wildman–Crippen LogP) is 2.57. The van der Waals surface area contributed by atoms with Crippen LogP contribution in [0.1, 0.15) is 26.2 Å². The van der Waals surface area contributed by atoms with E-state index in [1.165, 1.54) is 25.8 Å². The van der Waals surface area contributed by atoms with E-state index in [9.17, 15) is 0 Å². The Kier molecular flexibility index (Phi) is 5.39. The van der Waals surface area contributed by atoms with Gasteiger partial charge >= 0.3 is 0 Å². The number of nitrogens with one attached hydrogen (secondary N) is 2. The van der Waals surface area contributed by atoms with E-state index in [1.807, 2.05) is 6.92 Å². The van der Waals surface area contributed by atoms with E-state index in [2.05, 4.69) is 48.5 Å². The Balaban J connectivity index is 1.96. The molecule has 1 fully saturated rings. The first-order valence-corrected chi connectivity index (χ1v) is 7.70. The smallest absolute Gasteiger partial charge is 0.224 e. The number of aromatic nitrogens is 2. The third-order valence-electron chi connectivity index (χ3n) is 3.51. The maximum atomic E-state index is 4.47. The van der Waals surface area contributed by atoms with E-state index in [-0.39, 0.29) is 0 Å². The highest BCUT2D eigenvalue weighted by atomic mass is 79.9. The Morgan fingerprint density at radius 3 is 3.00 bits per heavy atom. The summed E-state index contributed by atoms with van der Waals surface area (Å²) in [4.78, 5) is 11.1. The summed E-state index contributed by atoms with van der Waals surface area (Å²) in [6.45, 7) is 4.99. The fraction of sp³-hybridized carbons (Fsp3) is 0.692. The Bertz CT molecular complexity index is 412. The summed E-state index contributed by atoms with van der Waals surface area (Å²) >= 11 is 3.49. The summed E-state index contributed by atoms with van der Waals surface area (Å²) in [7, 11) is 2.20. The number of likely N-dealkylation sites (tertiary alicyclic amines) is 1. The molecule has 2 N–H and O–H groups in total. The van der Waals surface area contributed by atoms with Gasteiger partial charge in [0.2, 0.25) is 5.95 Å². The molecule has 0 spiro atoms. The lowest BCUT2D eigenvalue weighted by molar-refractivity contribution is 0.194. The first-order valence-electron chi connectivity index (χ1n) is 6.91. The van der Waals surface area contributed by atoms with Crippen LogP contribution in [-0.2, 0) is 0 Å². The molecule has 1 unspecified atom stereocenters. The zero-order chi connectivity index (χ0) is 13.7. The van der Waals surface area contributed by atoms with Gasteiger partial charge in [0.1, 0.15) is 5.82 Å². The molecule has 5 nitrogen and oxygen atoms in total. The molecule has 0 amide bonds. The van der Waals surface area contributed by atoms with Crippen molar-refractivity contribution in [2.75, 3.05) is 37.3 Å². The van der Waals surface area contributed by atoms with Crippen molar-refractivity contribution in [2.45, 2.75) is 32.2 Å². The fourth-order valence-electron chi connectivity index (χ4n) is 2.35. The quantitative estimate of drug-likeness (QED) is 0.870. The summed E-state index contributed by atoms with van der Waals surface area (Å²) in [6, 6.07) is 0.596. The third-order valence-corrected chi connectivity index (χ3v) is 4.09. The van der Waals surface area contributed by atoms with Gasteiger partial charge in [0.05, 0.1) is 4.47 Å². The average Bonchev–Trinajstić information content (AvgIpc) is 2.41. The average molecular weight is 328 g/mol. The molecule has 0 aliphatic carbocycles. The van der Waals surface area contributed by atoms with E-state index >= 15 is 0 Å². The molecule has 0 saturated carbocycles. The van der Waals surface area contributed by atoms with Gasteiger partial charge < -0.3 is 15.5 Å². The minimum absolute atomic E-state index is 0.596. The number of nitrogens with zero attached hydrogens (tertiary/aromatic N) is 3. The molecular formula is C13H22BrN5. The van der Waals surface area contributed by atoms with Crippen molar-refractivity contribution in [3.63, 3.8) is 0 Å². The topological polar surface area (TPSA) is 53.1 Å². The lowest BCUT2D eigenvalue weighted by Gasteiger charge is -2.32. The van der Waals surface area contributed by atoms with Gasteiger partial charge in [0.15, 0.2) is 0 Å². The highest BCUT2D eigenvalue weighted by Gasteiger charge is 2.18.